The second-order valence-electron chi connectivity index (χ2n) is 5.13. The molecule has 1 aliphatic heterocycles. The van der Waals surface area contributed by atoms with Crippen LogP contribution in [-0.2, 0) is 4.79 Å². The molecule has 0 bridgehead atoms. The summed E-state index contributed by atoms with van der Waals surface area (Å²) in [6, 6.07) is 5.70. The average Bonchev–Trinajstić information content (AvgIpc) is 2.42. The number of piperidine rings is 1. The van der Waals surface area contributed by atoms with Crippen LogP contribution in [0.2, 0.25) is 0 Å². The summed E-state index contributed by atoms with van der Waals surface area (Å²) in [6.07, 6.45) is 2.80. The molecule has 104 valence electrons. The zero-order valence-corrected chi connectivity index (χ0v) is 11.7. The molecular weight excluding hydrogens is 240 g/mol. The van der Waals surface area contributed by atoms with Gasteiger partial charge in [0.1, 0.15) is 5.75 Å². The number of hydrogen-bond donors (Lipinski definition) is 2. The van der Waals surface area contributed by atoms with Crippen molar-refractivity contribution in [1.29, 1.82) is 0 Å². The van der Waals surface area contributed by atoms with Gasteiger partial charge in [-0.05, 0) is 62.5 Å². The Morgan fingerprint density at radius 1 is 1.42 bits per heavy atom. The first-order valence-corrected chi connectivity index (χ1v) is 6.84. The minimum Gasteiger partial charge on any atom is -0.497 e. The van der Waals surface area contributed by atoms with Gasteiger partial charge in [-0.3, -0.25) is 4.79 Å². The Bertz CT molecular complexity index is 440. The third kappa shape index (κ3) is 3.96. The summed E-state index contributed by atoms with van der Waals surface area (Å²) in [6.45, 7) is 4.03. The van der Waals surface area contributed by atoms with E-state index in [0.717, 1.165) is 42.9 Å². The van der Waals surface area contributed by atoms with Gasteiger partial charge in [-0.1, -0.05) is 0 Å². The van der Waals surface area contributed by atoms with E-state index < -0.39 is 0 Å². The van der Waals surface area contributed by atoms with Crippen LogP contribution >= 0.6 is 0 Å². The lowest BCUT2D eigenvalue weighted by Gasteiger charge is -2.22. The number of amides is 1. The minimum atomic E-state index is 0.111. The third-order valence-corrected chi connectivity index (χ3v) is 3.64. The summed E-state index contributed by atoms with van der Waals surface area (Å²) in [4.78, 5) is 12.0. The van der Waals surface area contributed by atoms with E-state index in [2.05, 4.69) is 10.6 Å². The van der Waals surface area contributed by atoms with E-state index in [9.17, 15) is 4.79 Å². The molecule has 0 atom stereocenters. The molecule has 1 heterocycles. The number of carbonyl (C=O) groups excluding carboxylic acids is 1. The molecule has 0 spiro atoms. The van der Waals surface area contributed by atoms with Crippen molar-refractivity contribution in [2.24, 2.45) is 5.92 Å². The minimum absolute atomic E-state index is 0.111. The fourth-order valence-corrected chi connectivity index (χ4v) is 2.45. The van der Waals surface area contributed by atoms with E-state index in [-0.39, 0.29) is 5.91 Å². The van der Waals surface area contributed by atoms with Crippen molar-refractivity contribution in [2.75, 3.05) is 25.5 Å². The zero-order chi connectivity index (χ0) is 13.7. The Kier molecular flexibility index (Phi) is 4.80. The lowest BCUT2D eigenvalue weighted by molar-refractivity contribution is -0.117. The number of carbonyl (C=O) groups is 1. The van der Waals surface area contributed by atoms with Gasteiger partial charge in [0.05, 0.1) is 7.11 Å². The number of ether oxygens (including phenoxy) is 1. The van der Waals surface area contributed by atoms with Gasteiger partial charge in [0.25, 0.3) is 0 Å². The summed E-state index contributed by atoms with van der Waals surface area (Å²) >= 11 is 0. The van der Waals surface area contributed by atoms with Gasteiger partial charge in [0, 0.05) is 12.1 Å². The second-order valence-corrected chi connectivity index (χ2v) is 5.13. The Hall–Kier alpha value is -1.55. The van der Waals surface area contributed by atoms with Crippen molar-refractivity contribution in [3.63, 3.8) is 0 Å². The smallest absolute Gasteiger partial charge is 0.224 e. The van der Waals surface area contributed by atoms with Gasteiger partial charge in [-0.2, -0.15) is 0 Å². The van der Waals surface area contributed by atoms with Gasteiger partial charge in [0.15, 0.2) is 0 Å². The first-order valence-electron chi connectivity index (χ1n) is 6.84. The molecule has 19 heavy (non-hydrogen) atoms. The first-order chi connectivity index (χ1) is 9.19. The summed E-state index contributed by atoms with van der Waals surface area (Å²) < 4.78 is 5.16. The van der Waals surface area contributed by atoms with Crippen molar-refractivity contribution in [1.82, 2.24) is 5.32 Å². The molecule has 0 saturated carbocycles. The molecule has 1 aromatic carbocycles. The van der Waals surface area contributed by atoms with Gasteiger partial charge >= 0.3 is 0 Å². The summed E-state index contributed by atoms with van der Waals surface area (Å²) in [5.74, 6) is 1.44. The van der Waals surface area contributed by atoms with Gasteiger partial charge in [-0.15, -0.1) is 0 Å². The molecule has 0 radical (unpaired) electrons. The van der Waals surface area contributed by atoms with Crippen LogP contribution in [0.25, 0.3) is 0 Å². The predicted octanol–water partition coefficient (Wildman–Crippen LogP) is 2.33. The molecule has 0 aliphatic carbocycles. The van der Waals surface area contributed by atoms with E-state index in [1.165, 1.54) is 0 Å². The number of nitrogens with one attached hydrogen (secondary N) is 2. The second kappa shape index (κ2) is 6.57. The molecule has 4 nitrogen and oxygen atoms in total. The van der Waals surface area contributed by atoms with Crippen LogP contribution in [0.3, 0.4) is 0 Å². The van der Waals surface area contributed by atoms with Crippen molar-refractivity contribution in [2.45, 2.75) is 26.2 Å². The first kappa shape index (κ1) is 13.9. The Morgan fingerprint density at radius 3 is 2.79 bits per heavy atom. The summed E-state index contributed by atoms with van der Waals surface area (Å²) in [5, 5.41) is 6.31. The van der Waals surface area contributed by atoms with Crippen LogP contribution in [-0.4, -0.2) is 26.1 Å². The summed E-state index contributed by atoms with van der Waals surface area (Å²) in [5.41, 5.74) is 1.90. The molecule has 2 N–H and O–H groups in total. The van der Waals surface area contributed by atoms with E-state index in [1.807, 2.05) is 25.1 Å². The van der Waals surface area contributed by atoms with Crippen LogP contribution in [0, 0.1) is 12.8 Å². The van der Waals surface area contributed by atoms with Crippen LogP contribution in [0.4, 0.5) is 5.69 Å². The molecule has 0 aromatic heterocycles. The van der Waals surface area contributed by atoms with Crippen LogP contribution < -0.4 is 15.4 Å². The van der Waals surface area contributed by atoms with Crippen molar-refractivity contribution in [3.8, 4) is 5.75 Å². The maximum atomic E-state index is 12.0. The molecule has 4 heteroatoms. The zero-order valence-electron chi connectivity index (χ0n) is 11.7. The van der Waals surface area contributed by atoms with Gasteiger partial charge in [-0.25, -0.2) is 0 Å². The number of methoxy groups -OCH3 is 1. The Morgan fingerprint density at radius 2 is 2.16 bits per heavy atom. The van der Waals surface area contributed by atoms with Crippen LogP contribution in [0.5, 0.6) is 5.75 Å². The largest absolute Gasteiger partial charge is 0.497 e. The molecule has 0 unspecified atom stereocenters. The lowest BCUT2D eigenvalue weighted by Crippen LogP contribution is -2.30. The number of rotatable bonds is 4. The normalized spacial score (nSPS) is 16.1. The van der Waals surface area contributed by atoms with Crippen LogP contribution in [0.15, 0.2) is 18.2 Å². The molecule has 1 saturated heterocycles. The average molecular weight is 262 g/mol. The van der Waals surface area contributed by atoms with Crippen molar-refractivity contribution < 1.29 is 9.53 Å². The Balaban J connectivity index is 1.91. The van der Waals surface area contributed by atoms with E-state index in [1.54, 1.807) is 7.11 Å². The van der Waals surface area contributed by atoms with Crippen LogP contribution in [0.1, 0.15) is 24.8 Å². The highest BCUT2D eigenvalue weighted by atomic mass is 16.5. The topological polar surface area (TPSA) is 50.4 Å². The maximum absolute atomic E-state index is 12.0. The van der Waals surface area contributed by atoms with E-state index >= 15 is 0 Å². The number of aryl methyl sites for hydroxylation is 1. The fraction of sp³-hybridized carbons (Fsp3) is 0.533. The lowest BCUT2D eigenvalue weighted by atomic mass is 9.94. The standard InChI is InChI=1S/C15H22N2O2/c1-11-9-13(19-2)3-4-14(11)17-15(18)10-12-5-7-16-8-6-12/h3-4,9,12,16H,5-8,10H2,1-2H3,(H,17,18). The highest BCUT2D eigenvalue weighted by Gasteiger charge is 2.17. The molecule has 2 rings (SSSR count). The fourth-order valence-electron chi connectivity index (χ4n) is 2.45. The maximum Gasteiger partial charge on any atom is 0.224 e. The monoisotopic (exact) mass is 262 g/mol. The molecule has 1 amide bonds. The van der Waals surface area contributed by atoms with Crippen molar-refractivity contribution >= 4 is 11.6 Å². The van der Waals surface area contributed by atoms with Gasteiger partial charge < -0.3 is 15.4 Å². The highest BCUT2D eigenvalue weighted by Crippen LogP contribution is 2.22. The van der Waals surface area contributed by atoms with Crippen molar-refractivity contribution in [3.05, 3.63) is 23.8 Å². The van der Waals surface area contributed by atoms with Gasteiger partial charge in [0.2, 0.25) is 5.91 Å². The Labute approximate surface area is 114 Å². The molecule has 1 fully saturated rings. The SMILES string of the molecule is COc1ccc(NC(=O)CC2CCNCC2)c(C)c1. The molecule has 1 aliphatic rings. The molecule has 1 aromatic rings. The number of anilines is 1. The van der Waals surface area contributed by atoms with E-state index in [0.29, 0.717) is 12.3 Å². The van der Waals surface area contributed by atoms with E-state index in [4.69, 9.17) is 4.74 Å². The predicted molar refractivity (Wildman–Crippen MR) is 76.6 cm³/mol. The number of benzene rings is 1. The molecular formula is C15H22N2O2. The highest BCUT2D eigenvalue weighted by molar-refractivity contribution is 5.91. The third-order valence-electron chi connectivity index (χ3n) is 3.64. The quantitative estimate of drug-likeness (QED) is 0.875. The number of hydrogen-bond acceptors (Lipinski definition) is 3. The summed E-state index contributed by atoms with van der Waals surface area (Å²) in [7, 11) is 1.64.